The summed E-state index contributed by atoms with van der Waals surface area (Å²) >= 11 is 0. The van der Waals surface area contributed by atoms with Crippen molar-refractivity contribution in [1.82, 2.24) is 0 Å². The molecule has 4 aromatic heterocycles. The Morgan fingerprint density at radius 3 is 1.06 bits per heavy atom. The Bertz CT molecular complexity index is 4580. The number of para-hydroxylation sites is 2. The van der Waals surface area contributed by atoms with E-state index in [0.29, 0.717) is 0 Å². The Morgan fingerprint density at radius 2 is 0.583 bits per heavy atom. The second kappa shape index (κ2) is 14.9. The van der Waals surface area contributed by atoms with E-state index >= 15 is 0 Å². The summed E-state index contributed by atoms with van der Waals surface area (Å²) in [6, 6.07) is 81.0. The average molecular weight is 923 g/mol. The second-order valence-electron chi connectivity index (χ2n) is 18.7. The van der Waals surface area contributed by atoms with Crippen LogP contribution < -0.4 is 9.80 Å². The number of hydrogen-bond donors (Lipinski definition) is 0. The molecular formula is C66H38N2O4. The molecule has 0 aliphatic rings. The van der Waals surface area contributed by atoms with Gasteiger partial charge in [0.1, 0.15) is 44.7 Å². The highest BCUT2D eigenvalue weighted by molar-refractivity contribution is 6.26. The molecule has 72 heavy (non-hydrogen) atoms. The first-order valence-corrected chi connectivity index (χ1v) is 24.3. The molecular weight excluding hydrogens is 885 g/mol. The number of hydrogen-bond acceptors (Lipinski definition) is 6. The molecule has 0 amide bonds. The van der Waals surface area contributed by atoms with Crippen LogP contribution in [-0.2, 0) is 0 Å². The first-order chi connectivity index (χ1) is 35.7. The van der Waals surface area contributed by atoms with E-state index in [0.717, 1.165) is 154 Å². The van der Waals surface area contributed by atoms with Crippen molar-refractivity contribution in [3.63, 3.8) is 0 Å². The second-order valence-corrected chi connectivity index (χ2v) is 18.7. The first-order valence-electron chi connectivity index (χ1n) is 24.3. The van der Waals surface area contributed by atoms with Gasteiger partial charge < -0.3 is 27.5 Å². The van der Waals surface area contributed by atoms with Gasteiger partial charge in [0.25, 0.3) is 0 Å². The summed E-state index contributed by atoms with van der Waals surface area (Å²) < 4.78 is 27.3. The van der Waals surface area contributed by atoms with E-state index in [1.165, 1.54) is 0 Å². The fourth-order valence-corrected chi connectivity index (χ4v) is 11.6. The lowest BCUT2D eigenvalue weighted by molar-refractivity contribution is 0.669. The summed E-state index contributed by atoms with van der Waals surface area (Å²) in [6.07, 6.45) is 0. The largest absolute Gasteiger partial charge is 0.455 e. The van der Waals surface area contributed by atoms with Gasteiger partial charge in [0.2, 0.25) is 0 Å². The lowest BCUT2D eigenvalue weighted by Crippen LogP contribution is -2.10. The molecule has 0 aliphatic carbocycles. The van der Waals surface area contributed by atoms with Gasteiger partial charge in [-0.15, -0.1) is 0 Å². The predicted octanol–water partition coefficient (Wildman–Crippen LogP) is 19.7. The van der Waals surface area contributed by atoms with Crippen LogP contribution in [-0.4, -0.2) is 0 Å². The van der Waals surface area contributed by atoms with Crippen molar-refractivity contribution in [1.29, 1.82) is 0 Å². The smallest absolute Gasteiger partial charge is 0.143 e. The first kappa shape index (κ1) is 39.1. The van der Waals surface area contributed by atoms with Gasteiger partial charge in [0.15, 0.2) is 0 Å². The van der Waals surface area contributed by atoms with Crippen molar-refractivity contribution >= 4 is 154 Å². The van der Waals surface area contributed by atoms with E-state index in [4.69, 9.17) is 17.7 Å². The van der Waals surface area contributed by atoms with Crippen LogP contribution in [0.25, 0.3) is 120 Å². The molecule has 0 aliphatic heterocycles. The molecule has 6 nitrogen and oxygen atoms in total. The third-order valence-electron chi connectivity index (χ3n) is 14.8. The molecule has 0 N–H and O–H groups in total. The molecule has 0 spiro atoms. The molecule has 12 aromatic carbocycles. The van der Waals surface area contributed by atoms with Crippen LogP contribution in [0.5, 0.6) is 0 Å². The SMILES string of the molecule is c1ccc(N(c2ccc3c(c2)oc2c4ccccc4ccc32)c2cccc3oc4c5ccc6c(oc7cccc(N(c8ccccc8)c8ccc9c(c8)oc8c%10ccccc%10ccc98)c76)c5ccc4c23)cc1. The molecule has 336 valence electrons. The molecule has 6 heteroatoms. The van der Waals surface area contributed by atoms with Crippen molar-refractivity contribution in [2.24, 2.45) is 0 Å². The normalized spacial score (nSPS) is 12.2. The van der Waals surface area contributed by atoms with Crippen LogP contribution >= 0.6 is 0 Å². The summed E-state index contributed by atoms with van der Waals surface area (Å²) in [5.74, 6) is 0. The van der Waals surface area contributed by atoms with Crippen molar-refractivity contribution in [2.75, 3.05) is 9.80 Å². The third kappa shape index (κ3) is 5.60. The van der Waals surface area contributed by atoms with Gasteiger partial charge in [-0.3, -0.25) is 0 Å². The van der Waals surface area contributed by atoms with E-state index in [9.17, 15) is 0 Å². The fourth-order valence-electron chi connectivity index (χ4n) is 11.6. The highest BCUT2D eigenvalue weighted by atomic mass is 16.3. The van der Waals surface area contributed by atoms with Crippen LogP contribution in [0.4, 0.5) is 34.1 Å². The number of anilines is 6. The zero-order valence-electron chi connectivity index (χ0n) is 38.5. The minimum absolute atomic E-state index is 0.798. The summed E-state index contributed by atoms with van der Waals surface area (Å²) in [6.45, 7) is 0. The number of rotatable bonds is 6. The molecule has 0 atom stereocenters. The van der Waals surface area contributed by atoms with Crippen LogP contribution in [0, 0.1) is 0 Å². The molecule has 16 aromatic rings. The molecule has 16 rings (SSSR count). The highest BCUT2D eigenvalue weighted by Gasteiger charge is 2.25. The third-order valence-corrected chi connectivity index (χ3v) is 14.8. The van der Waals surface area contributed by atoms with Gasteiger partial charge in [0, 0.05) is 88.7 Å². The minimum Gasteiger partial charge on any atom is -0.455 e. The van der Waals surface area contributed by atoms with Crippen LogP contribution in [0.2, 0.25) is 0 Å². The number of nitrogens with zero attached hydrogens (tertiary/aromatic N) is 2. The number of benzene rings is 12. The molecule has 0 saturated carbocycles. The maximum Gasteiger partial charge on any atom is 0.143 e. The van der Waals surface area contributed by atoms with Crippen molar-refractivity contribution < 1.29 is 17.7 Å². The quantitative estimate of drug-likeness (QED) is 0.166. The van der Waals surface area contributed by atoms with Gasteiger partial charge in [-0.1, -0.05) is 109 Å². The van der Waals surface area contributed by atoms with E-state index < -0.39 is 0 Å². The lowest BCUT2D eigenvalue weighted by Gasteiger charge is -2.26. The monoisotopic (exact) mass is 922 g/mol. The fraction of sp³-hybridized carbons (Fsp3) is 0. The lowest BCUT2D eigenvalue weighted by atomic mass is 10.0. The Kier molecular flexibility index (Phi) is 8.07. The summed E-state index contributed by atoms with van der Waals surface area (Å²) in [7, 11) is 0. The maximum atomic E-state index is 6.96. The number of fused-ring (bicyclic) bond motifs is 19. The zero-order valence-corrected chi connectivity index (χ0v) is 38.5. The molecule has 0 bridgehead atoms. The molecule has 0 fully saturated rings. The Morgan fingerprint density at radius 1 is 0.222 bits per heavy atom. The Labute approximate surface area is 410 Å². The maximum absolute atomic E-state index is 6.96. The number of furan rings is 4. The topological polar surface area (TPSA) is 59.0 Å². The minimum atomic E-state index is 0.798. The molecule has 4 heterocycles. The van der Waals surface area contributed by atoms with Crippen molar-refractivity contribution in [2.45, 2.75) is 0 Å². The van der Waals surface area contributed by atoms with Crippen molar-refractivity contribution in [3.05, 3.63) is 231 Å². The Balaban J connectivity index is 0.863. The predicted molar refractivity (Wildman–Crippen MR) is 297 cm³/mol. The standard InChI is InChI=1S/C66H38N2O4/c1-3-15-41(16-4-1)67(43-27-31-47-49-29-25-39-13-7-9-19-45(39)63(49)71-59(47)37-43)55-21-11-23-57-61(55)53-35-33-52-51(65(53)69-57)34-36-54-62-56(22-12-24-58(62)70-66(52)54)68(42-17-5-2-6-18-42)44-28-32-48-50-30-26-40-14-8-10-20-46(40)64(50)72-60(48)38-44/h1-38H. The van der Waals surface area contributed by atoms with Crippen LogP contribution in [0.1, 0.15) is 0 Å². The van der Waals surface area contributed by atoms with Gasteiger partial charge in [-0.2, -0.15) is 0 Å². The summed E-state index contributed by atoms with van der Waals surface area (Å²) in [4.78, 5) is 4.62. The van der Waals surface area contributed by atoms with E-state index in [-0.39, 0.29) is 0 Å². The van der Waals surface area contributed by atoms with E-state index in [2.05, 4.69) is 240 Å². The summed E-state index contributed by atoms with van der Waals surface area (Å²) in [5.41, 5.74) is 12.7. The molecule has 0 unspecified atom stereocenters. The van der Waals surface area contributed by atoms with E-state index in [1.807, 2.05) is 0 Å². The zero-order chi connectivity index (χ0) is 47.0. The van der Waals surface area contributed by atoms with Crippen LogP contribution in [0.3, 0.4) is 0 Å². The van der Waals surface area contributed by atoms with Crippen molar-refractivity contribution in [3.8, 4) is 0 Å². The Hall–Kier alpha value is -9.78. The highest BCUT2D eigenvalue weighted by Crippen LogP contribution is 2.49. The average Bonchev–Trinajstić information content (AvgIpc) is 4.22. The van der Waals surface area contributed by atoms with Gasteiger partial charge in [-0.05, 0) is 120 Å². The summed E-state index contributed by atoms with van der Waals surface area (Å²) in [5, 5.41) is 14.9. The van der Waals surface area contributed by atoms with Gasteiger partial charge in [-0.25, -0.2) is 0 Å². The van der Waals surface area contributed by atoms with Gasteiger partial charge in [0.05, 0.1) is 22.1 Å². The molecule has 0 radical (unpaired) electrons. The molecule has 0 saturated heterocycles. The van der Waals surface area contributed by atoms with Gasteiger partial charge >= 0.3 is 0 Å². The van der Waals surface area contributed by atoms with Crippen LogP contribution in [0.15, 0.2) is 248 Å². The van der Waals surface area contributed by atoms with E-state index in [1.54, 1.807) is 0 Å².